The van der Waals surface area contributed by atoms with Crippen molar-refractivity contribution in [1.29, 1.82) is 0 Å². The molecule has 0 saturated carbocycles. The average molecular weight is 281 g/mol. The number of hydrogen-bond donors (Lipinski definition) is 1. The number of pyridine rings is 1. The first-order chi connectivity index (χ1) is 10.1. The lowest BCUT2D eigenvalue weighted by Gasteiger charge is -2.15. The van der Waals surface area contributed by atoms with E-state index in [1.807, 2.05) is 41.9 Å². The first-order valence-corrected chi connectivity index (χ1v) is 6.58. The Bertz CT molecular complexity index is 867. The largest absolute Gasteiger partial charge is 0.504 e. The van der Waals surface area contributed by atoms with Gasteiger partial charge in [-0.25, -0.2) is 0 Å². The van der Waals surface area contributed by atoms with Crippen LogP contribution in [0.1, 0.15) is 0 Å². The predicted molar refractivity (Wildman–Crippen MR) is 82.8 cm³/mol. The number of nitrogens with zero attached hydrogens (tertiary/aromatic N) is 1. The van der Waals surface area contributed by atoms with Crippen molar-refractivity contribution in [2.75, 3.05) is 7.11 Å². The zero-order valence-electron chi connectivity index (χ0n) is 11.8. The van der Waals surface area contributed by atoms with Crippen molar-refractivity contribution >= 4 is 10.9 Å². The highest BCUT2D eigenvalue weighted by Gasteiger charge is 2.15. The van der Waals surface area contributed by atoms with Gasteiger partial charge in [-0.3, -0.25) is 4.79 Å². The number of ether oxygens (including phenoxy) is 1. The molecule has 0 unspecified atom stereocenters. The third-order valence-electron chi connectivity index (χ3n) is 3.61. The zero-order chi connectivity index (χ0) is 15.0. The van der Waals surface area contributed by atoms with E-state index in [1.165, 1.54) is 13.2 Å². The van der Waals surface area contributed by atoms with Gasteiger partial charge in [0.1, 0.15) is 0 Å². The molecule has 1 heterocycles. The molecule has 3 rings (SSSR count). The number of fused-ring (bicyclic) bond motifs is 1. The monoisotopic (exact) mass is 281 g/mol. The molecule has 0 bridgehead atoms. The molecule has 4 nitrogen and oxygen atoms in total. The molecular formula is C17H15NO3. The number of rotatable bonds is 2. The van der Waals surface area contributed by atoms with E-state index in [1.54, 1.807) is 12.1 Å². The molecule has 0 atom stereocenters. The maximum atomic E-state index is 12.4. The smallest absolute Gasteiger partial charge is 0.190 e. The summed E-state index contributed by atoms with van der Waals surface area (Å²) >= 11 is 0. The van der Waals surface area contributed by atoms with Gasteiger partial charge < -0.3 is 14.4 Å². The van der Waals surface area contributed by atoms with Crippen molar-refractivity contribution in [2.45, 2.75) is 0 Å². The van der Waals surface area contributed by atoms with Crippen LogP contribution in [0.4, 0.5) is 0 Å². The van der Waals surface area contributed by atoms with Gasteiger partial charge in [-0.2, -0.15) is 0 Å². The van der Waals surface area contributed by atoms with Crippen LogP contribution in [0.5, 0.6) is 11.5 Å². The fourth-order valence-electron chi connectivity index (χ4n) is 2.60. The van der Waals surface area contributed by atoms with E-state index >= 15 is 0 Å². The summed E-state index contributed by atoms with van der Waals surface area (Å²) in [5.74, 6) is 0.329. The summed E-state index contributed by atoms with van der Waals surface area (Å²) in [5.41, 5.74) is 2.20. The molecule has 0 spiro atoms. The summed E-state index contributed by atoms with van der Waals surface area (Å²) in [6.07, 6.45) is 0. The molecule has 3 aromatic rings. The number of methoxy groups -OCH3 is 1. The summed E-state index contributed by atoms with van der Waals surface area (Å²) in [7, 11) is 3.33. The van der Waals surface area contributed by atoms with Gasteiger partial charge in [-0.05, 0) is 17.7 Å². The Morgan fingerprint density at radius 2 is 1.81 bits per heavy atom. The lowest BCUT2D eigenvalue weighted by Crippen LogP contribution is -2.10. The minimum atomic E-state index is -0.0970. The predicted octanol–water partition coefficient (Wildman–Crippen LogP) is 2.92. The molecule has 106 valence electrons. The summed E-state index contributed by atoms with van der Waals surface area (Å²) in [6.45, 7) is 0. The maximum Gasteiger partial charge on any atom is 0.190 e. The first-order valence-electron chi connectivity index (χ1n) is 6.58. The van der Waals surface area contributed by atoms with Crippen molar-refractivity contribution in [1.82, 2.24) is 4.57 Å². The number of aromatic nitrogens is 1. The summed E-state index contributed by atoms with van der Waals surface area (Å²) < 4.78 is 7.14. The second-order valence-corrected chi connectivity index (χ2v) is 4.83. The normalized spacial score (nSPS) is 10.8. The van der Waals surface area contributed by atoms with Crippen molar-refractivity contribution in [3.8, 4) is 22.8 Å². The third kappa shape index (κ3) is 2.05. The lowest BCUT2D eigenvalue weighted by atomic mass is 10.1. The van der Waals surface area contributed by atoms with E-state index in [-0.39, 0.29) is 11.2 Å². The Morgan fingerprint density at radius 3 is 2.48 bits per heavy atom. The van der Waals surface area contributed by atoms with Gasteiger partial charge in [0.25, 0.3) is 0 Å². The van der Waals surface area contributed by atoms with Gasteiger partial charge in [0.15, 0.2) is 16.9 Å². The Labute approximate surface area is 121 Å². The molecule has 0 amide bonds. The van der Waals surface area contributed by atoms with Crippen LogP contribution in [0.25, 0.3) is 22.2 Å². The minimum Gasteiger partial charge on any atom is -0.504 e. The van der Waals surface area contributed by atoms with E-state index in [0.29, 0.717) is 16.7 Å². The molecule has 0 saturated heterocycles. The van der Waals surface area contributed by atoms with Crippen LogP contribution in [0.2, 0.25) is 0 Å². The average Bonchev–Trinajstić information content (AvgIpc) is 2.51. The number of phenolic OH excluding ortho intramolecular Hbond substituents is 1. The lowest BCUT2D eigenvalue weighted by molar-refractivity contribution is 0.376. The Kier molecular flexibility index (Phi) is 3.14. The Balaban J connectivity index is 2.45. The van der Waals surface area contributed by atoms with E-state index in [0.717, 1.165) is 11.3 Å². The fourth-order valence-corrected chi connectivity index (χ4v) is 2.60. The highest BCUT2D eigenvalue weighted by atomic mass is 16.5. The number of phenols is 1. The topological polar surface area (TPSA) is 51.5 Å². The maximum absolute atomic E-state index is 12.4. The van der Waals surface area contributed by atoms with E-state index in [2.05, 4.69) is 0 Å². The Hall–Kier alpha value is -2.75. The van der Waals surface area contributed by atoms with Gasteiger partial charge in [-0.1, -0.05) is 30.3 Å². The van der Waals surface area contributed by atoms with Crippen LogP contribution in [0.3, 0.4) is 0 Å². The molecule has 0 aliphatic rings. The Morgan fingerprint density at radius 1 is 1.10 bits per heavy atom. The SMILES string of the molecule is COc1c(O)ccc2c(=O)cc(-c3ccccc3)n(C)c12. The van der Waals surface area contributed by atoms with Crippen LogP contribution in [-0.2, 0) is 7.05 Å². The van der Waals surface area contributed by atoms with Crippen molar-refractivity contribution in [2.24, 2.45) is 7.05 Å². The molecule has 21 heavy (non-hydrogen) atoms. The molecule has 4 heteroatoms. The standard InChI is InChI=1S/C17H15NO3/c1-18-13(11-6-4-3-5-7-11)10-15(20)12-8-9-14(19)17(21-2)16(12)18/h3-10,19H,1-2H3. The van der Waals surface area contributed by atoms with Gasteiger partial charge >= 0.3 is 0 Å². The second-order valence-electron chi connectivity index (χ2n) is 4.83. The quantitative estimate of drug-likeness (QED) is 0.785. The van der Waals surface area contributed by atoms with Crippen molar-refractivity contribution in [3.63, 3.8) is 0 Å². The second kappa shape index (κ2) is 4.98. The van der Waals surface area contributed by atoms with E-state index in [4.69, 9.17) is 4.74 Å². The molecular weight excluding hydrogens is 266 g/mol. The number of aryl methyl sites for hydroxylation is 1. The molecule has 0 fully saturated rings. The van der Waals surface area contributed by atoms with Crippen LogP contribution in [0.15, 0.2) is 53.3 Å². The van der Waals surface area contributed by atoms with Crippen LogP contribution in [0, 0.1) is 0 Å². The van der Waals surface area contributed by atoms with E-state index in [9.17, 15) is 9.90 Å². The van der Waals surface area contributed by atoms with Gasteiger partial charge in [0.05, 0.1) is 18.3 Å². The highest BCUT2D eigenvalue weighted by Crippen LogP contribution is 2.34. The number of benzene rings is 2. The van der Waals surface area contributed by atoms with Crippen LogP contribution < -0.4 is 10.2 Å². The first kappa shape index (κ1) is 13.2. The third-order valence-corrected chi connectivity index (χ3v) is 3.61. The van der Waals surface area contributed by atoms with E-state index < -0.39 is 0 Å². The molecule has 2 aromatic carbocycles. The fraction of sp³-hybridized carbons (Fsp3) is 0.118. The number of aromatic hydroxyl groups is 1. The van der Waals surface area contributed by atoms with Crippen molar-refractivity contribution in [3.05, 3.63) is 58.8 Å². The molecule has 1 aromatic heterocycles. The highest BCUT2D eigenvalue weighted by molar-refractivity contribution is 5.89. The van der Waals surface area contributed by atoms with Crippen LogP contribution in [-0.4, -0.2) is 16.8 Å². The molecule has 0 aliphatic heterocycles. The minimum absolute atomic E-state index is 0.0187. The van der Waals surface area contributed by atoms with Crippen molar-refractivity contribution < 1.29 is 9.84 Å². The van der Waals surface area contributed by atoms with Gasteiger partial charge in [0.2, 0.25) is 0 Å². The molecule has 1 N–H and O–H groups in total. The summed E-state index contributed by atoms with van der Waals surface area (Å²) in [4.78, 5) is 12.4. The van der Waals surface area contributed by atoms with Gasteiger partial charge in [-0.15, -0.1) is 0 Å². The van der Waals surface area contributed by atoms with Crippen LogP contribution >= 0.6 is 0 Å². The molecule has 0 radical (unpaired) electrons. The summed E-state index contributed by atoms with van der Waals surface area (Å²) in [6, 6.07) is 14.3. The van der Waals surface area contributed by atoms with Gasteiger partial charge in [0, 0.05) is 18.5 Å². The number of hydrogen-bond acceptors (Lipinski definition) is 3. The zero-order valence-corrected chi connectivity index (χ0v) is 11.8. The summed E-state index contributed by atoms with van der Waals surface area (Å²) in [5, 5.41) is 10.5. The molecule has 0 aliphatic carbocycles.